The number of hydrogen-bond acceptors (Lipinski definition) is 4. The minimum Gasteiger partial charge on any atom is -0.490 e. The second kappa shape index (κ2) is 5.97. The molecule has 21 heavy (non-hydrogen) atoms. The number of para-hydroxylation sites is 3. The van der Waals surface area contributed by atoms with Crippen molar-refractivity contribution in [3.8, 4) is 17.4 Å². The maximum Gasteiger partial charge on any atom is 0.231 e. The normalized spacial score (nSPS) is 10.6. The summed E-state index contributed by atoms with van der Waals surface area (Å²) in [5.74, 6) is 1.68. The van der Waals surface area contributed by atoms with Gasteiger partial charge in [0.15, 0.2) is 11.5 Å². The maximum absolute atomic E-state index is 5.96. The van der Waals surface area contributed by atoms with Crippen LogP contribution in [0.3, 0.4) is 0 Å². The van der Waals surface area contributed by atoms with Gasteiger partial charge in [0.1, 0.15) is 0 Å². The Balaban J connectivity index is 2.06. The highest BCUT2D eigenvalue weighted by Crippen LogP contribution is 2.33. The first-order valence-electron chi connectivity index (χ1n) is 6.60. The molecule has 2 aromatic carbocycles. The van der Waals surface area contributed by atoms with Crippen LogP contribution in [0, 0.1) is 0 Å². The molecule has 0 aliphatic rings. The first-order valence-corrected chi connectivity index (χ1v) is 6.97. The van der Waals surface area contributed by atoms with Crippen molar-refractivity contribution in [1.82, 2.24) is 9.97 Å². The Hall–Kier alpha value is -2.33. The Morgan fingerprint density at radius 3 is 2.48 bits per heavy atom. The fraction of sp³-hybridized carbons (Fsp3) is 0.125. The van der Waals surface area contributed by atoms with Gasteiger partial charge in [0.05, 0.1) is 17.5 Å². The smallest absolute Gasteiger partial charge is 0.231 e. The molecule has 1 aromatic heterocycles. The quantitative estimate of drug-likeness (QED) is 0.667. The molecule has 0 unspecified atom stereocenters. The van der Waals surface area contributed by atoms with Gasteiger partial charge >= 0.3 is 0 Å². The van der Waals surface area contributed by atoms with Crippen LogP contribution in [0.1, 0.15) is 6.92 Å². The molecule has 3 aromatic rings. The molecule has 0 spiro atoms. The number of hydrogen-bond donors (Lipinski definition) is 0. The zero-order valence-corrected chi connectivity index (χ0v) is 12.2. The summed E-state index contributed by atoms with van der Waals surface area (Å²) >= 11 is 5.96. The highest BCUT2D eigenvalue weighted by Gasteiger charge is 2.11. The highest BCUT2D eigenvalue weighted by atomic mass is 35.5. The molecular weight excluding hydrogens is 288 g/mol. The Bertz CT molecular complexity index is 777. The van der Waals surface area contributed by atoms with Gasteiger partial charge in [-0.15, -0.1) is 0 Å². The minimum atomic E-state index is 0.151. The summed E-state index contributed by atoms with van der Waals surface area (Å²) in [6.07, 6.45) is 0. The van der Waals surface area contributed by atoms with Crippen molar-refractivity contribution in [2.75, 3.05) is 6.61 Å². The molecule has 0 fully saturated rings. The molecule has 1 heterocycles. The van der Waals surface area contributed by atoms with Crippen molar-refractivity contribution in [3.63, 3.8) is 0 Å². The third-order valence-corrected chi connectivity index (χ3v) is 3.07. The van der Waals surface area contributed by atoms with Crippen LogP contribution in [0.4, 0.5) is 0 Å². The number of nitrogens with zero attached hydrogens (tertiary/aromatic N) is 2. The van der Waals surface area contributed by atoms with Gasteiger partial charge < -0.3 is 9.47 Å². The van der Waals surface area contributed by atoms with Crippen LogP contribution >= 0.6 is 11.6 Å². The molecule has 0 amide bonds. The molecule has 0 saturated carbocycles. The molecule has 0 N–H and O–H groups in total. The first-order chi connectivity index (χ1) is 10.3. The van der Waals surface area contributed by atoms with E-state index in [1.807, 2.05) is 55.5 Å². The van der Waals surface area contributed by atoms with Crippen molar-refractivity contribution in [2.24, 2.45) is 0 Å². The predicted molar refractivity (Wildman–Crippen MR) is 82.2 cm³/mol. The fourth-order valence-corrected chi connectivity index (χ4v) is 2.18. The summed E-state index contributed by atoms with van der Waals surface area (Å²) in [6.45, 7) is 2.49. The van der Waals surface area contributed by atoms with E-state index in [1.165, 1.54) is 0 Å². The van der Waals surface area contributed by atoms with E-state index in [1.54, 1.807) is 0 Å². The molecule has 0 aliphatic carbocycles. The van der Waals surface area contributed by atoms with Crippen LogP contribution in [-0.4, -0.2) is 16.6 Å². The molecule has 106 valence electrons. The lowest BCUT2D eigenvalue weighted by Crippen LogP contribution is -1.97. The molecule has 3 rings (SSSR count). The third kappa shape index (κ3) is 2.90. The monoisotopic (exact) mass is 300 g/mol. The summed E-state index contributed by atoms with van der Waals surface area (Å²) in [4.78, 5) is 8.35. The lowest BCUT2D eigenvalue weighted by Gasteiger charge is -2.12. The molecule has 0 saturated heterocycles. The van der Waals surface area contributed by atoms with Crippen LogP contribution in [0.15, 0.2) is 48.5 Å². The van der Waals surface area contributed by atoms with Gasteiger partial charge in [-0.2, -0.15) is 4.98 Å². The SMILES string of the molecule is CCOc1ccccc1Oc1nc(Cl)nc2ccccc12. The van der Waals surface area contributed by atoms with E-state index in [9.17, 15) is 0 Å². The van der Waals surface area contributed by atoms with E-state index in [0.29, 0.717) is 24.0 Å². The van der Waals surface area contributed by atoms with Crippen LogP contribution in [-0.2, 0) is 0 Å². The van der Waals surface area contributed by atoms with Gasteiger partial charge in [0, 0.05) is 0 Å². The van der Waals surface area contributed by atoms with Crippen LogP contribution in [0.2, 0.25) is 5.28 Å². The van der Waals surface area contributed by atoms with Gasteiger partial charge in [-0.05, 0) is 42.8 Å². The maximum atomic E-state index is 5.96. The Morgan fingerprint density at radius 1 is 0.952 bits per heavy atom. The average molecular weight is 301 g/mol. The van der Waals surface area contributed by atoms with Gasteiger partial charge in [0.25, 0.3) is 0 Å². The van der Waals surface area contributed by atoms with Crippen LogP contribution in [0.5, 0.6) is 17.4 Å². The lowest BCUT2D eigenvalue weighted by molar-refractivity contribution is 0.320. The fourth-order valence-electron chi connectivity index (χ4n) is 2.01. The number of benzene rings is 2. The van der Waals surface area contributed by atoms with Crippen molar-refractivity contribution in [2.45, 2.75) is 6.92 Å². The predicted octanol–water partition coefficient (Wildman–Crippen LogP) is 4.47. The van der Waals surface area contributed by atoms with Crippen LogP contribution < -0.4 is 9.47 Å². The van der Waals surface area contributed by atoms with E-state index in [0.717, 1.165) is 10.9 Å². The molecule has 0 aliphatic heterocycles. The number of ether oxygens (including phenoxy) is 2. The van der Waals surface area contributed by atoms with E-state index in [-0.39, 0.29) is 5.28 Å². The summed E-state index contributed by atoms with van der Waals surface area (Å²) in [6, 6.07) is 15.0. The summed E-state index contributed by atoms with van der Waals surface area (Å²) < 4.78 is 11.4. The van der Waals surface area contributed by atoms with Gasteiger partial charge in [-0.25, -0.2) is 4.98 Å². The number of halogens is 1. The molecular formula is C16H13ClN2O2. The van der Waals surface area contributed by atoms with Crippen molar-refractivity contribution < 1.29 is 9.47 Å². The van der Waals surface area contributed by atoms with Crippen LogP contribution in [0.25, 0.3) is 10.9 Å². The standard InChI is InChI=1S/C16H13ClN2O2/c1-2-20-13-9-5-6-10-14(13)21-15-11-7-3-4-8-12(11)18-16(17)19-15/h3-10H,2H2,1H3. The zero-order valence-electron chi connectivity index (χ0n) is 11.4. The Morgan fingerprint density at radius 2 is 1.67 bits per heavy atom. The Labute approximate surface area is 127 Å². The first kappa shape index (κ1) is 13.6. The van der Waals surface area contributed by atoms with E-state index in [2.05, 4.69) is 9.97 Å². The summed E-state index contributed by atoms with van der Waals surface area (Å²) in [5, 5.41) is 0.950. The van der Waals surface area contributed by atoms with Gasteiger partial charge in [-0.1, -0.05) is 24.3 Å². The Kier molecular flexibility index (Phi) is 3.88. The zero-order chi connectivity index (χ0) is 14.7. The van der Waals surface area contributed by atoms with E-state index in [4.69, 9.17) is 21.1 Å². The number of aromatic nitrogens is 2. The molecule has 5 heteroatoms. The van der Waals surface area contributed by atoms with Crippen molar-refractivity contribution in [3.05, 3.63) is 53.8 Å². The van der Waals surface area contributed by atoms with Crippen molar-refractivity contribution in [1.29, 1.82) is 0 Å². The largest absolute Gasteiger partial charge is 0.490 e. The van der Waals surface area contributed by atoms with E-state index < -0.39 is 0 Å². The van der Waals surface area contributed by atoms with E-state index >= 15 is 0 Å². The molecule has 0 atom stereocenters. The minimum absolute atomic E-state index is 0.151. The molecule has 4 nitrogen and oxygen atoms in total. The lowest BCUT2D eigenvalue weighted by atomic mass is 10.2. The second-order valence-electron chi connectivity index (χ2n) is 4.30. The average Bonchev–Trinajstić information content (AvgIpc) is 2.49. The van der Waals surface area contributed by atoms with Gasteiger partial charge in [-0.3, -0.25) is 0 Å². The van der Waals surface area contributed by atoms with Gasteiger partial charge in [0.2, 0.25) is 11.2 Å². The highest BCUT2D eigenvalue weighted by molar-refractivity contribution is 6.28. The summed E-state index contributed by atoms with van der Waals surface area (Å²) in [7, 11) is 0. The third-order valence-electron chi connectivity index (χ3n) is 2.90. The van der Waals surface area contributed by atoms with Crippen molar-refractivity contribution >= 4 is 22.5 Å². The second-order valence-corrected chi connectivity index (χ2v) is 4.63. The number of fused-ring (bicyclic) bond motifs is 1. The number of rotatable bonds is 4. The molecule has 0 radical (unpaired) electrons. The topological polar surface area (TPSA) is 44.2 Å². The molecule has 0 bridgehead atoms. The summed E-state index contributed by atoms with van der Waals surface area (Å²) in [5.41, 5.74) is 0.737.